The third-order valence-corrected chi connectivity index (χ3v) is 7.45. The molecule has 0 spiro atoms. The Kier molecular flexibility index (Phi) is 5.11. The molecule has 1 N–H and O–H groups in total. The second kappa shape index (κ2) is 7.33. The Balaban J connectivity index is 1.34. The van der Waals surface area contributed by atoms with Crippen LogP contribution in [0.4, 0.5) is 0 Å². The van der Waals surface area contributed by atoms with Gasteiger partial charge in [0.15, 0.2) is 0 Å². The smallest absolute Gasteiger partial charge is 0.230 e. The fourth-order valence-corrected chi connectivity index (χ4v) is 5.64. The van der Waals surface area contributed by atoms with Crippen LogP contribution in [0.15, 0.2) is 5.38 Å². The van der Waals surface area contributed by atoms with Crippen LogP contribution in [-0.4, -0.2) is 60.0 Å². The molecule has 2 saturated heterocycles. The maximum Gasteiger partial charge on any atom is 0.230 e. The lowest BCUT2D eigenvalue weighted by atomic mass is 9.67. The maximum atomic E-state index is 13.3. The summed E-state index contributed by atoms with van der Waals surface area (Å²) in [4.78, 5) is 22.6. The lowest BCUT2D eigenvalue weighted by Gasteiger charge is -2.43. The Morgan fingerprint density at radius 1 is 1.36 bits per heavy atom. The first-order chi connectivity index (χ1) is 12.2. The third-order valence-electron chi connectivity index (χ3n) is 6.41. The quantitative estimate of drug-likeness (QED) is 0.891. The molecule has 6 heteroatoms. The van der Waals surface area contributed by atoms with Gasteiger partial charge >= 0.3 is 0 Å². The van der Waals surface area contributed by atoms with Gasteiger partial charge in [0.2, 0.25) is 5.91 Å². The van der Waals surface area contributed by atoms with Crippen molar-refractivity contribution in [3.63, 3.8) is 0 Å². The molecular weight excluding hydrogens is 332 g/mol. The maximum absolute atomic E-state index is 13.3. The van der Waals surface area contributed by atoms with E-state index in [-0.39, 0.29) is 5.41 Å². The number of thiazole rings is 1. The number of piperazine rings is 1. The molecule has 3 aliphatic rings. The largest absolute Gasteiger partial charge is 0.340 e. The first-order valence-electron chi connectivity index (χ1n) is 9.87. The summed E-state index contributed by atoms with van der Waals surface area (Å²) in [6, 6.07) is 0. The summed E-state index contributed by atoms with van der Waals surface area (Å²) in [7, 11) is 0. The summed E-state index contributed by atoms with van der Waals surface area (Å²) >= 11 is 1.76. The second-order valence-electron chi connectivity index (χ2n) is 7.88. The first-order valence-corrected chi connectivity index (χ1v) is 10.7. The Bertz CT molecular complexity index is 610. The predicted molar refractivity (Wildman–Crippen MR) is 101 cm³/mol. The van der Waals surface area contributed by atoms with Crippen LogP contribution in [0, 0.1) is 11.3 Å². The lowest BCUT2D eigenvalue weighted by Crippen LogP contribution is -2.55. The molecule has 1 aliphatic carbocycles. The molecule has 3 heterocycles. The van der Waals surface area contributed by atoms with Gasteiger partial charge < -0.3 is 10.2 Å². The van der Waals surface area contributed by atoms with Crippen LogP contribution in [-0.2, 0) is 17.8 Å². The van der Waals surface area contributed by atoms with Crippen LogP contribution in [0.5, 0.6) is 0 Å². The van der Waals surface area contributed by atoms with Gasteiger partial charge in [-0.3, -0.25) is 9.69 Å². The van der Waals surface area contributed by atoms with E-state index in [1.54, 1.807) is 11.3 Å². The minimum atomic E-state index is -0.0919. The standard InChI is InChI=1S/C19H30N4OS/c1-2-17-21-16(13-25-17)12-22-7-9-23(10-8-22)18(24)19-6-4-3-5-15(19)11-20-14-19/h13,15,20H,2-12,14H2,1H3/t15-,19+/m0/s1. The van der Waals surface area contributed by atoms with Gasteiger partial charge in [0, 0.05) is 44.6 Å². The number of amides is 1. The van der Waals surface area contributed by atoms with E-state index >= 15 is 0 Å². The van der Waals surface area contributed by atoms with Crippen molar-refractivity contribution in [3.05, 3.63) is 16.1 Å². The minimum Gasteiger partial charge on any atom is -0.340 e. The van der Waals surface area contributed by atoms with Crippen LogP contribution in [0.1, 0.15) is 43.3 Å². The van der Waals surface area contributed by atoms with Gasteiger partial charge in [-0.25, -0.2) is 4.98 Å². The number of fused-ring (bicyclic) bond motifs is 1. The Morgan fingerprint density at radius 3 is 2.96 bits per heavy atom. The molecule has 5 nitrogen and oxygen atoms in total. The molecule has 4 rings (SSSR count). The van der Waals surface area contributed by atoms with E-state index in [4.69, 9.17) is 0 Å². The Labute approximate surface area is 154 Å². The van der Waals surface area contributed by atoms with Crippen molar-refractivity contribution < 1.29 is 4.79 Å². The van der Waals surface area contributed by atoms with Crippen molar-refractivity contribution in [1.29, 1.82) is 0 Å². The van der Waals surface area contributed by atoms with Crippen molar-refractivity contribution in [2.45, 2.75) is 45.6 Å². The van der Waals surface area contributed by atoms with Crippen LogP contribution in [0.3, 0.4) is 0 Å². The monoisotopic (exact) mass is 362 g/mol. The van der Waals surface area contributed by atoms with Gasteiger partial charge in [-0.2, -0.15) is 0 Å². The average Bonchev–Trinajstić information content (AvgIpc) is 3.29. The first kappa shape index (κ1) is 17.4. The predicted octanol–water partition coefficient (Wildman–Crippen LogP) is 2.13. The van der Waals surface area contributed by atoms with Gasteiger partial charge in [-0.1, -0.05) is 19.8 Å². The molecule has 0 bridgehead atoms. The van der Waals surface area contributed by atoms with Crippen LogP contribution < -0.4 is 5.32 Å². The molecule has 1 aromatic rings. The molecule has 1 aromatic heterocycles. The highest BCUT2D eigenvalue weighted by atomic mass is 32.1. The normalized spacial score (nSPS) is 30.4. The number of aryl methyl sites for hydroxylation is 1. The molecule has 2 aliphatic heterocycles. The highest BCUT2D eigenvalue weighted by Gasteiger charge is 2.51. The molecule has 1 amide bonds. The number of nitrogens with one attached hydrogen (secondary N) is 1. The minimum absolute atomic E-state index is 0.0919. The summed E-state index contributed by atoms with van der Waals surface area (Å²) in [6.07, 6.45) is 5.84. The number of rotatable bonds is 4. The zero-order valence-electron chi connectivity index (χ0n) is 15.3. The van der Waals surface area contributed by atoms with Gasteiger partial charge in [0.05, 0.1) is 16.1 Å². The number of aromatic nitrogens is 1. The molecule has 0 radical (unpaired) electrons. The van der Waals surface area contributed by atoms with Crippen molar-refractivity contribution >= 4 is 17.2 Å². The highest BCUT2D eigenvalue weighted by molar-refractivity contribution is 7.09. The van der Waals surface area contributed by atoms with Gasteiger partial charge in [0.25, 0.3) is 0 Å². The zero-order chi connectivity index (χ0) is 17.3. The molecule has 2 atom stereocenters. The van der Waals surface area contributed by atoms with Gasteiger partial charge in [0.1, 0.15) is 0 Å². The van der Waals surface area contributed by atoms with E-state index in [1.807, 2.05) is 0 Å². The summed E-state index contributed by atoms with van der Waals surface area (Å²) in [5, 5.41) is 6.92. The zero-order valence-corrected chi connectivity index (χ0v) is 16.1. The molecule has 1 saturated carbocycles. The number of carbonyl (C=O) groups excluding carboxylic acids is 1. The van der Waals surface area contributed by atoms with Crippen LogP contribution >= 0.6 is 11.3 Å². The van der Waals surface area contributed by atoms with E-state index < -0.39 is 0 Å². The summed E-state index contributed by atoms with van der Waals surface area (Å²) in [5.74, 6) is 0.998. The number of hydrogen-bond acceptors (Lipinski definition) is 5. The Morgan fingerprint density at radius 2 is 2.20 bits per heavy atom. The van der Waals surface area contributed by atoms with Crippen molar-refractivity contribution in [1.82, 2.24) is 20.1 Å². The van der Waals surface area contributed by atoms with Gasteiger partial charge in [-0.15, -0.1) is 11.3 Å². The van der Waals surface area contributed by atoms with Crippen LogP contribution in [0.2, 0.25) is 0 Å². The highest BCUT2D eigenvalue weighted by Crippen LogP contribution is 2.45. The molecule has 0 aromatic carbocycles. The molecule has 3 fully saturated rings. The van der Waals surface area contributed by atoms with Crippen molar-refractivity contribution in [3.8, 4) is 0 Å². The second-order valence-corrected chi connectivity index (χ2v) is 8.83. The van der Waals surface area contributed by atoms with Crippen molar-refractivity contribution in [2.75, 3.05) is 39.3 Å². The molecule has 138 valence electrons. The number of nitrogens with zero attached hydrogens (tertiary/aromatic N) is 3. The number of hydrogen-bond donors (Lipinski definition) is 1. The van der Waals surface area contributed by atoms with Gasteiger partial charge in [-0.05, 0) is 31.7 Å². The van der Waals surface area contributed by atoms with E-state index in [0.717, 1.165) is 58.7 Å². The molecular formula is C19H30N4OS. The average molecular weight is 363 g/mol. The topological polar surface area (TPSA) is 48.5 Å². The van der Waals surface area contributed by atoms with E-state index in [0.29, 0.717) is 11.8 Å². The summed E-state index contributed by atoms with van der Waals surface area (Å²) < 4.78 is 0. The Hall–Kier alpha value is -0.980. The van der Waals surface area contributed by atoms with Crippen molar-refractivity contribution in [2.24, 2.45) is 11.3 Å². The van der Waals surface area contributed by atoms with E-state index in [2.05, 4.69) is 32.4 Å². The van der Waals surface area contributed by atoms with E-state index in [1.165, 1.54) is 30.0 Å². The van der Waals surface area contributed by atoms with Crippen LogP contribution in [0.25, 0.3) is 0 Å². The fraction of sp³-hybridized carbons (Fsp3) is 0.789. The third kappa shape index (κ3) is 3.36. The molecule has 25 heavy (non-hydrogen) atoms. The molecule has 0 unspecified atom stereocenters. The SMILES string of the molecule is CCc1nc(CN2CCN(C(=O)[C@@]34CCCC[C@H]3CNC4)CC2)cs1. The van der Waals surface area contributed by atoms with E-state index in [9.17, 15) is 4.79 Å². The summed E-state index contributed by atoms with van der Waals surface area (Å²) in [6.45, 7) is 8.70. The summed E-state index contributed by atoms with van der Waals surface area (Å²) in [5.41, 5.74) is 1.10. The lowest BCUT2D eigenvalue weighted by molar-refractivity contribution is -0.147. The fourth-order valence-electron chi connectivity index (χ4n) is 4.91. The number of carbonyl (C=O) groups is 1.